The molecular formula is C22H19N3O4S. The highest BCUT2D eigenvalue weighted by molar-refractivity contribution is 7.99. The summed E-state index contributed by atoms with van der Waals surface area (Å²) in [5.74, 6) is 1.99. The van der Waals surface area contributed by atoms with E-state index in [-0.39, 0.29) is 17.3 Å². The summed E-state index contributed by atoms with van der Waals surface area (Å²) in [6.45, 7) is 0. The molecule has 0 bridgehead atoms. The van der Waals surface area contributed by atoms with Gasteiger partial charge in [0, 0.05) is 17.9 Å². The fourth-order valence-corrected chi connectivity index (χ4v) is 3.25. The minimum atomic E-state index is -0.439. The topological polar surface area (TPSA) is 93.8 Å². The molecule has 0 fully saturated rings. The molecule has 0 heterocycles. The molecule has 0 saturated carbocycles. The second-order valence-corrected chi connectivity index (χ2v) is 7.18. The van der Waals surface area contributed by atoms with E-state index in [9.17, 15) is 14.9 Å². The van der Waals surface area contributed by atoms with Crippen LogP contribution in [0.5, 0.6) is 11.5 Å². The maximum Gasteiger partial charge on any atom is 0.269 e. The first kappa shape index (κ1) is 21.1. The number of carbonyl (C=O) groups excluding carboxylic acids is 1. The van der Waals surface area contributed by atoms with Crippen molar-refractivity contribution < 1.29 is 14.5 Å². The lowest BCUT2D eigenvalue weighted by atomic mass is 10.2. The van der Waals surface area contributed by atoms with Crippen molar-refractivity contribution in [3.05, 3.63) is 100 Å². The van der Waals surface area contributed by atoms with Crippen molar-refractivity contribution in [3.63, 3.8) is 0 Å². The molecule has 0 radical (unpaired) electrons. The third-order valence-electron chi connectivity index (χ3n) is 3.89. The van der Waals surface area contributed by atoms with E-state index in [1.54, 1.807) is 18.3 Å². The number of non-ortho nitro benzene ring substituents is 1. The van der Waals surface area contributed by atoms with Crippen LogP contribution in [0.25, 0.3) is 0 Å². The molecule has 0 spiro atoms. The van der Waals surface area contributed by atoms with Crippen molar-refractivity contribution in [2.24, 2.45) is 5.10 Å². The number of ether oxygens (including phenoxy) is 1. The highest BCUT2D eigenvalue weighted by Crippen LogP contribution is 2.21. The zero-order valence-electron chi connectivity index (χ0n) is 15.9. The highest BCUT2D eigenvalue weighted by atomic mass is 32.2. The van der Waals surface area contributed by atoms with E-state index < -0.39 is 4.92 Å². The minimum absolute atomic E-state index is 0.0501. The Labute approximate surface area is 177 Å². The molecule has 1 amide bonds. The van der Waals surface area contributed by atoms with Gasteiger partial charge in [0.15, 0.2) is 0 Å². The highest BCUT2D eigenvalue weighted by Gasteiger charge is 2.05. The normalized spacial score (nSPS) is 10.7. The van der Waals surface area contributed by atoms with Crippen LogP contribution in [0.15, 0.2) is 84.0 Å². The number of benzene rings is 3. The standard InChI is InChI=1S/C22H19N3O4S/c26-22(16-30-15-17-9-11-19(12-10-17)25(27)28)24-23-14-18-5-4-8-21(13-18)29-20-6-2-1-3-7-20/h1-14H,15-16H2,(H,24,26)/b23-14+. The van der Waals surface area contributed by atoms with Crippen LogP contribution < -0.4 is 10.2 Å². The van der Waals surface area contributed by atoms with Gasteiger partial charge in [-0.15, -0.1) is 11.8 Å². The number of nitro benzene ring substituents is 1. The Morgan fingerprint density at radius 3 is 2.50 bits per heavy atom. The summed E-state index contributed by atoms with van der Waals surface area (Å²) < 4.78 is 5.77. The summed E-state index contributed by atoms with van der Waals surface area (Å²) in [5.41, 5.74) is 4.25. The number of rotatable bonds is 9. The van der Waals surface area contributed by atoms with E-state index in [0.717, 1.165) is 16.9 Å². The van der Waals surface area contributed by atoms with Gasteiger partial charge in [0.05, 0.1) is 16.9 Å². The summed E-state index contributed by atoms with van der Waals surface area (Å²) in [6.07, 6.45) is 1.55. The second kappa shape index (κ2) is 10.8. The molecule has 30 heavy (non-hydrogen) atoms. The number of nitrogens with zero attached hydrogens (tertiary/aromatic N) is 2. The number of carbonyl (C=O) groups is 1. The van der Waals surface area contributed by atoms with Crippen LogP contribution in [0.3, 0.4) is 0 Å². The molecule has 0 aliphatic rings. The van der Waals surface area contributed by atoms with E-state index in [1.165, 1.54) is 23.9 Å². The Bertz CT molecular complexity index is 1020. The van der Waals surface area contributed by atoms with E-state index in [2.05, 4.69) is 10.5 Å². The predicted octanol–water partition coefficient (Wildman–Crippen LogP) is 4.77. The van der Waals surface area contributed by atoms with Crippen molar-refractivity contribution in [1.82, 2.24) is 5.43 Å². The molecule has 0 saturated heterocycles. The summed E-state index contributed by atoms with van der Waals surface area (Å²) >= 11 is 1.40. The van der Waals surface area contributed by atoms with E-state index in [1.807, 2.05) is 54.6 Å². The number of hydrogen-bond acceptors (Lipinski definition) is 6. The van der Waals surface area contributed by atoms with Gasteiger partial charge in [0.2, 0.25) is 5.91 Å². The Morgan fingerprint density at radius 2 is 1.77 bits per heavy atom. The van der Waals surface area contributed by atoms with Crippen LogP contribution in [-0.4, -0.2) is 22.8 Å². The zero-order valence-corrected chi connectivity index (χ0v) is 16.7. The summed E-state index contributed by atoms with van der Waals surface area (Å²) in [4.78, 5) is 22.1. The molecule has 0 unspecified atom stereocenters. The maximum atomic E-state index is 11.9. The summed E-state index contributed by atoms with van der Waals surface area (Å²) in [6, 6.07) is 23.1. The predicted molar refractivity (Wildman–Crippen MR) is 118 cm³/mol. The number of nitrogens with one attached hydrogen (secondary N) is 1. The van der Waals surface area contributed by atoms with Gasteiger partial charge in [-0.05, 0) is 35.4 Å². The first-order valence-corrected chi connectivity index (χ1v) is 10.2. The molecule has 0 aliphatic heterocycles. The van der Waals surface area contributed by atoms with E-state index in [0.29, 0.717) is 11.5 Å². The minimum Gasteiger partial charge on any atom is -0.457 e. The van der Waals surface area contributed by atoms with Crippen LogP contribution in [0.4, 0.5) is 5.69 Å². The lowest BCUT2D eigenvalue weighted by Gasteiger charge is -2.05. The summed E-state index contributed by atoms with van der Waals surface area (Å²) in [7, 11) is 0. The average molecular weight is 421 g/mol. The molecule has 0 aromatic heterocycles. The van der Waals surface area contributed by atoms with Gasteiger partial charge in [-0.25, -0.2) is 5.43 Å². The molecule has 3 aromatic rings. The van der Waals surface area contributed by atoms with Gasteiger partial charge < -0.3 is 4.74 Å². The Balaban J connectivity index is 1.43. The number of hydrogen-bond donors (Lipinski definition) is 1. The number of amides is 1. The van der Waals surface area contributed by atoms with Crippen LogP contribution in [0.1, 0.15) is 11.1 Å². The Morgan fingerprint density at radius 1 is 1.03 bits per heavy atom. The largest absolute Gasteiger partial charge is 0.457 e. The molecule has 3 rings (SSSR count). The number of nitro groups is 1. The molecule has 0 atom stereocenters. The lowest BCUT2D eigenvalue weighted by Crippen LogP contribution is -2.19. The van der Waals surface area contributed by atoms with Crippen LogP contribution in [0.2, 0.25) is 0 Å². The third kappa shape index (κ3) is 6.75. The van der Waals surface area contributed by atoms with Crippen molar-refractivity contribution in [3.8, 4) is 11.5 Å². The second-order valence-electron chi connectivity index (χ2n) is 6.20. The van der Waals surface area contributed by atoms with Gasteiger partial charge in [-0.1, -0.05) is 42.5 Å². The zero-order chi connectivity index (χ0) is 21.2. The number of thioether (sulfide) groups is 1. The maximum absolute atomic E-state index is 11.9. The molecule has 3 aromatic carbocycles. The summed E-state index contributed by atoms with van der Waals surface area (Å²) in [5, 5.41) is 14.6. The fraction of sp³-hybridized carbons (Fsp3) is 0.0909. The molecule has 0 aliphatic carbocycles. The van der Waals surface area contributed by atoms with Gasteiger partial charge in [0.1, 0.15) is 11.5 Å². The SMILES string of the molecule is O=C(CSCc1ccc([N+](=O)[O-])cc1)N/N=C/c1cccc(Oc2ccccc2)c1. The van der Waals surface area contributed by atoms with Crippen molar-refractivity contribution in [2.75, 3.05) is 5.75 Å². The first-order valence-electron chi connectivity index (χ1n) is 9.06. The van der Waals surface area contributed by atoms with Crippen LogP contribution >= 0.6 is 11.8 Å². The number of para-hydroxylation sites is 1. The smallest absolute Gasteiger partial charge is 0.269 e. The van der Waals surface area contributed by atoms with Crippen molar-refractivity contribution in [2.45, 2.75) is 5.75 Å². The van der Waals surface area contributed by atoms with Crippen LogP contribution in [0, 0.1) is 10.1 Å². The quantitative estimate of drug-likeness (QED) is 0.305. The lowest BCUT2D eigenvalue weighted by molar-refractivity contribution is -0.384. The molecular weight excluding hydrogens is 402 g/mol. The molecule has 1 N–H and O–H groups in total. The van der Waals surface area contributed by atoms with Crippen molar-refractivity contribution >= 4 is 29.6 Å². The molecule has 152 valence electrons. The van der Waals surface area contributed by atoms with E-state index >= 15 is 0 Å². The third-order valence-corrected chi connectivity index (χ3v) is 4.89. The molecule has 7 nitrogen and oxygen atoms in total. The van der Waals surface area contributed by atoms with Gasteiger partial charge in [-0.3, -0.25) is 14.9 Å². The molecule has 8 heteroatoms. The average Bonchev–Trinajstić information content (AvgIpc) is 2.75. The van der Waals surface area contributed by atoms with Gasteiger partial charge in [0.25, 0.3) is 5.69 Å². The van der Waals surface area contributed by atoms with E-state index in [4.69, 9.17) is 4.74 Å². The monoisotopic (exact) mass is 421 g/mol. The number of hydrazone groups is 1. The Hall–Kier alpha value is -3.65. The van der Waals surface area contributed by atoms with Crippen LogP contribution in [-0.2, 0) is 10.5 Å². The fourth-order valence-electron chi connectivity index (χ4n) is 2.47. The van der Waals surface area contributed by atoms with Gasteiger partial charge in [-0.2, -0.15) is 5.10 Å². The Kier molecular flexibility index (Phi) is 7.57. The van der Waals surface area contributed by atoms with Gasteiger partial charge >= 0.3 is 0 Å². The van der Waals surface area contributed by atoms with Crippen molar-refractivity contribution in [1.29, 1.82) is 0 Å². The first-order chi connectivity index (χ1) is 14.6.